The van der Waals surface area contributed by atoms with Crippen LogP contribution in [0.25, 0.3) is 0 Å². The number of rotatable bonds is 1. The van der Waals surface area contributed by atoms with Crippen molar-refractivity contribution in [2.75, 3.05) is 0 Å². The first-order valence-electron chi connectivity index (χ1n) is 7.20. The molecule has 2 saturated carbocycles. The molecule has 3 heteroatoms. The second-order valence-corrected chi connectivity index (χ2v) is 7.61. The lowest BCUT2D eigenvalue weighted by molar-refractivity contribution is -0.194. The smallest absolute Gasteiger partial charge is 0.0910 e. The summed E-state index contributed by atoms with van der Waals surface area (Å²) in [7, 11) is 0. The lowest BCUT2D eigenvalue weighted by Gasteiger charge is -2.57. The van der Waals surface area contributed by atoms with Crippen LogP contribution in [-0.4, -0.2) is 32.6 Å². The van der Waals surface area contributed by atoms with Crippen LogP contribution in [0.3, 0.4) is 0 Å². The minimum absolute atomic E-state index is 0.0823. The number of hydrogen-bond acceptors (Lipinski definition) is 3. The molecule has 2 aliphatic rings. The fraction of sp³-hybridized carbons (Fsp3) is 1.00. The van der Waals surface area contributed by atoms with Crippen molar-refractivity contribution in [3.05, 3.63) is 0 Å². The molecule has 2 aliphatic carbocycles. The SMILES string of the molecule is CC(C)(O)[C@H]1CC[C@@]2(C)CC[C@@H](O)[C@@](C)(O)[C@@H]2C1. The number of aliphatic hydroxyl groups is 3. The summed E-state index contributed by atoms with van der Waals surface area (Å²) in [6.45, 7) is 7.72. The second-order valence-electron chi connectivity index (χ2n) is 7.61. The van der Waals surface area contributed by atoms with Crippen LogP contribution < -0.4 is 0 Å². The third-order valence-corrected chi connectivity index (χ3v) is 5.79. The van der Waals surface area contributed by atoms with Gasteiger partial charge >= 0.3 is 0 Å². The van der Waals surface area contributed by atoms with Crippen LogP contribution >= 0.6 is 0 Å². The van der Waals surface area contributed by atoms with Crippen molar-refractivity contribution in [2.45, 2.75) is 77.1 Å². The molecule has 0 saturated heterocycles. The summed E-state index contributed by atoms with van der Waals surface area (Å²) in [4.78, 5) is 0. The van der Waals surface area contributed by atoms with Crippen LogP contribution in [0.2, 0.25) is 0 Å². The van der Waals surface area contributed by atoms with Crippen LogP contribution in [0.1, 0.15) is 59.8 Å². The van der Waals surface area contributed by atoms with E-state index in [1.807, 2.05) is 13.8 Å². The number of fused-ring (bicyclic) bond motifs is 1. The molecule has 0 aromatic heterocycles. The highest BCUT2D eigenvalue weighted by Gasteiger charge is 2.55. The van der Waals surface area contributed by atoms with Crippen LogP contribution in [-0.2, 0) is 0 Å². The maximum atomic E-state index is 10.7. The minimum Gasteiger partial charge on any atom is -0.390 e. The largest absolute Gasteiger partial charge is 0.390 e. The quantitative estimate of drug-likeness (QED) is 0.673. The van der Waals surface area contributed by atoms with Gasteiger partial charge in [-0.3, -0.25) is 0 Å². The molecule has 5 atom stereocenters. The zero-order chi connectivity index (χ0) is 13.8. The van der Waals surface area contributed by atoms with E-state index in [4.69, 9.17) is 0 Å². The Bertz CT molecular complexity index is 313. The Morgan fingerprint density at radius 3 is 2.22 bits per heavy atom. The molecule has 3 nitrogen and oxygen atoms in total. The monoisotopic (exact) mass is 256 g/mol. The third-order valence-electron chi connectivity index (χ3n) is 5.79. The predicted octanol–water partition coefficient (Wildman–Crippen LogP) is 2.09. The molecule has 0 amide bonds. The molecule has 0 heterocycles. The summed E-state index contributed by atoms with van der Waals surface area (Å²) in [6.07, 6.45) is 3.90. The van der Waals surface area contributed by atoms with Crippen molar-refractivity contribution in [1.29, 1.82) is 0 Å². The lowest BCUT2D eigenvalue weighted by atomic mass is 9.51. The molecule has 0 bridgehead atoms. The van der Waals surface area contributed by atoms with Crippen molar-refractivity contribution in [1.82, 2.24) is 0 Å². The van der Waals surface area contributed by atoms with E-state index in [9.17, 15) is 15.3 Å². The summed E-state index contributed by atoms with van der Waals surface area (Å²) in [6, 6.07) is 0. The van der Waals surface area contributed by atoms with Crippen LogP contribution in [0.5, 0.6) is 0 Å². The van der Waals surface area contributed by atoms with Gasteiger partial charge in [0.2, 0.25) is 0 Å². The van der Waals surface area contributed by atoms with E-state index in [-0.39, 0.29) is 17.3 Å². The average Bonchev–Trinajstić information content (AvgIpc) is 2.23. The van der Waals surface area contributed by atoms with Crippen LogP contribution in [0, 0.1) is 17.3 Å². The highest BCUT2D eigenvalue weighted by Crippen LogP contribution is 2.56. The van der Waals surface area contributed by atoms with Gasteiger partial charge in [0.25, 0.3) is 0 Å². The van der Waals surface area contributed by atoms with Gasteiger partial charge in [-0.15, -0.1) is 0 Å². The molecule has 0 aromatic rings. The summed E-state index contributed by atoms with van der Waals surface area (Å²) >= 11 is 0. The average molecular weight is 256 g/mol. The fourth-order valence-electron chi connectivity index (χ4n) is 4.24. The van der Waals surface area contributed by atoms with Gasteiger partial charge in [0, 0.05) is 0 Å². The first-order chi connectivity index (χ1) is 8.07. The molecule has 2 fully saturated rings. The predicted molar refractivity (Wildman–Crippen MR) is 71.1 cm³/mol. The molecule has 0 aliphatic heterocycles. The molecule has 0 spiro atoms. The highest BCUT2D eigenvalue weighted by molar-refractivity contribution is 5.06. The Kier molecular flexibility index (Phi) is 3.33. The first kappa shape index (κ1) is 14.3. The molecule has 18 heavy (non-hydrogen) atoms. The Balaban J connectivity index is 2.25. The van der Waals surface area contributed by atoms with Gasteiger partial charge in [-0.2, -0.15) is 0 Å². The van der Waals surface area contributed by atoms with Crippen molar-refractivity contribution in [3.8, 4) is 0 Å². The zero-order valence-corrected chi connectivity index (χ0v) is 12.1. The fourth-order valence-corrected chi connectivity index (χ4v) is 4.24. The van der Waals surface area contributed by atoms with Gasteiger partial charge in [-0.1, -0.05) is 6.92 Å². The molecular weight excluding hydrogens is 228 g/mol. The molecule has 0 radical (unpaired) electrons. The second kappa shape index (κ2) is 4.19. The molecular formula is C15H28O3. The van der Waals surface area contributed by atoms with E-state index in [0.717, 1.165) is 25.7 Å². The number of aliphatic hydroxyl groups excluding tert-OH is 1. The van der Waals surface area contributed by atoms with Gasteiger partial charge in [-0.05, 0) is 70.1 Å². The minimum atomic E-state index is -1.02. The molecule has 106 valence electrons. The third kappa shape index (κ3) is 2.21. The topological polar surface area (TPSA) is 60.7 Å². The van der Waals surface area contributed by atoms with E-state index in [2.05, 4.69) is 6.92 Å². The summed E-state index contributed by atoms with van der Waals surface area (Å²) in [5.41, 5.74) is -1.60. The van der Waals surface area contributed by atoms with E-state index in [0.29, 0.717) is 6.42 Å². The molecule has 2 rings (SSSR count). The lowest BCUT2D eigenvalue weighted by Crippen LogP contribution is -2.59. The highest BCUT2D eigenvalue weighted by atomic mass is 16.3. The van der Waals surface area contributed by atoms with Crippen LogP contribution in [0.4, 0.5) is 0 Å². The van der Waals surface area contributed by atoms with E-state index >= 15 is 0 Å². The molecule has 0 aromatic carbocycles. The van der Waals surface area contributed by atoms with Gasteiger partial charge < -0.3 is 15.3 Å². The first-order valence-corrected chi connectivity index (χ1v) is 7.20. The Morgan fingerprint density at radius 2 is 1.67 bits per heavy atom. The maximum Gasteiger partial charge on any atom is 0.0910 e. The van der Waals surface area contributed by atoms with Crippen molar-refractivity contribution in [3.63, 3.8) is 0 Å². The standard InChI is InChI=1S/C15H28O3/c1-13(2,17)10-5-7-14(3)8-6-12(16)15(4,18)11(14)9-10/h10-12,16-18H,5-9H2,1-4H3/t10-,11+,12+,14-,15-/m0/s1. The molecule has 0 unspecified atom stereocenters. The van der Waals surface area contributed by atoms with E-state index in [1.54, 1.807) is 6.92 Å². The summed E-state index contributed by atoms with van der Waals surface area (Å²) in [5, 5.41) is 30.9. The number of hydrogen-bond donors (Lipinski definition) is 3. The van der Waals surface area contributed by atoms with Gasteiger partial charge in [0.05, 0.1) is 17.3 Å². The van der Waals surface area contributed by atoms with Crippen molar-refractivity contribution in [2.24, 2.45) is 17.3 Å². The Hall–Kier alpha value is -0.120. The Labute approximate surface area is 110 Å². The summed E-state index contributed by atoms with van der Waals surface area (Å²) in [5.74, 6) is 0.297. The van der Waals surface area contributed by atoms with Crippen molar-refractivity contribution < 1.29 is 15.3 Å². The Morgan fingerprint density at radius 1 is 1.11 bits per heavy atom. The van der Waals surface area contributed by atoms with Gasteiger partial charge in [-0.25, -0.2) is 0 Å². The maximum absolute atomic E-state index is 10.7. The summed E-state index contributed by atoms with van der Waals surface area (Å²) < 4.78 is 0. The van der Waals surface area contributed by atoms with Crippen molar-refractivity contribution >= 4 is 0 Å². The van der Waals surface area contributed by atoms with Gasteiger partial charge in [0.15, 0.2) is 0 Å². The van der Waals surface area contributed by atoms with Crippen LogP contribution in [0.15, 0.2) is 0 Å². The van der Waals surface area contributed by atoms with E-state index in [1.165, 1.54) is 0 Å². The normalized spacial score (nSPS) is 49.8. The van der Waals surface area contributed by atoms with E-state index < -0.39 is 17.3 Å². The van der Waals surface area contributed by atoms with Gasteiger partial charge in [0.1, 0.15) is 0 Å². The zero-order valence-electron chi connectivity index (χ0n) is 12.1. The molecule has 3 N–H and O–H groups in total.